The van der Waals surface area contributed by atoms with Crippen LogP contribution in [0.3, 0.4) is 0 Å². The molecule has 0 saturated carbocycles. The van der Waals surface area contributed by atoms with Gasteiger partial charge in [0, 0.05) is 40.6 Å². The molecular weight excluding hydrogens is 502 g/mol. The zero-order valence-corrected chi connectivity index (χ0v) is 23.4. The predicted molar refractivity (Wildman–Crippen MR) is 150 cm³/mol. The molecule has 0 spiro atoms. The molecule has 2 aliphatic rings. The Kier molecular flexibility index (Phi) is 9.15. The number of benzene rings is 2. The normalized spacial score (nSPS) is 20.9. The Balaban J connectivity index is 1.74. The van der Waals surface area contributed by atoms with E-state index < -0.39 is 11.8 Å². The number of esters is 1. The van der Waals surface area contributed by atoms with Gasteiger partial charge in [0.25, 0.3) is 0 Å². The number of rotatable bonds is 10. The Bertz CT molecular complexity index is 1250. The minimum Gasteiger partial charge on any atom is -0.496 e. The maximum atomic E-state index is 13.9. The van der Waals surface area contributed by atoms with E-state index in [1.807, 2.05) is 49.4 Å². The van der Waals surface area contributed by atoms with Crippen molar-refractivity contribution in [1.29, 1.82) is 0 Å². The maximum Gasteiger partial charge on any atom is 0.315 e. The number of ketones is 1. The zero-order chi connectivity index (χ0) is 27.2. The lowest BCUT2D eigenvalue weighted by molar-refractivity contribution is -0.145. The molecule has 1 unspecified atom stereocenters. The number of ether oxygens (including phenoxy) is 4. The lowest BCUT2D eigenvalue weighted by Gasteiger charge is -2.37. The summed E-state index contributed by atoms with van der Waals surface area (Å²) < 4.78 is 22.2. The Morgan fingerprint density at radius 1 is 1.00 bits per heavy atom. The van der Waals surface area contributed by atoms with Crippen LogP contribution in [0.1, 0.15) is 49.7 Å². The average Bonchev–Trinajstić information content (AvgIpc) is 2.93. The molecule has 0 saturated heterocycles. The number of aliphatic imine (C=N–C) groups is 1. The number of carbonyl (C=O) groups excluding carboxylic acids is 2. The maximum absolute atomic E-state index is 13.9. The van der Waals surface area contributed by atoms with Crippen LogP contribution in [0.4, 0.5) is 0 Å². The lowest BCUT2D eigenvalue weighted by Crippen LogP contribution is -2.38. The average molecular weight is 538 g/mol. The summed E-state index contributed by atoms with van der Waals surface area (Å²) in [6.45, 7) is 4.24. The van der Waals surface area contributed by atoms with Crippen molar-refractivity contribution in [2.75, 3.05) is 39.4 Å². The second-order valence-corrected chi connectivity index (χ2v) is 10.7. The molecule has 202 valence electrons. The van der Waals surface area contributed by atoms with Gasteiger partial charge in [-0.3, -0.25) is 14.6 Å². The number of methoxy groups -OCH3 is 3. The molecule has 0 fully saturated rings. The molecular formula is C30H35NO6S. The van der Waals surface area contributed by atoms with E-state index in [2.05, 4.69) is 6.92 Å². The zero-order valence-electron chi connectivity index (χ0n) is 22.6. The highest BCUT2D eigenvalue weighted by atomic mass is 32.2. The van der Waals surface area contributed by atoms with Crippen molar-refractivity contribution in [3.8, 4) is 17.2 Å². The fourth-order valence-corrected chi connectivity index (χ4v) is 5.89. The van der Waals surface area contributed by atoms with Gasteiger partial charge in [-0.2, -0.15) is 11.8 Å². The number of para-hydroxylation sites is 1. The monoisotopic (exact) mass is 537 g/mol. The molecule has 1 aliphatic heterocycles. The van der Waals surface area contributed by atoms with Gasteiger partial charge in [0.05, 0.1) is 21.3 Å². The summed E-state index contributed by atoms with van der Waals surface area (Å²) in [6.07, 6.45) is 0.887. The fraction of sp³-hybridized carbons (Fsp3) is 0.433. The summed E-state index contributed by atoms with van der Waals surface area (Å²) in [5, 5.41) is 0. The summed E-state index contributed by atoms with van der Waals surface area (Å²) in [7, 11) is 4.80. The van der Waals surface area contributed by atoms with Crippen molar-refractivity contribution in [2.24, 2.45) is 10.9 Å². The van der Waals surface area contributed by atoms with E-state index in [1.165, 1.54) is 0 Å². The van der Waals surface area contributed by atoms with Crippen molar-refractivity contribution >= 4 is 29.2 Å². The van der Waals surface area contributed by atoms with Crippen molar-refractivity contribution < 1.29 is 28.5 Å². The van der Waals surface area contributed by atoms with Crippen LogP contribution < -0.4 is 14.2 Å². The van der Waals surface area contributed by atoms with Crippen molar-refractivity contribution in [2.45, 2.75) is 38.5 Å². The van der Waals surface area contributed by atoms with Crippen LogP contribution in [0.15, 0.2) is 58.7 Å². The molecule has 8 heteroatoms. The van der Waals surface area contributed by atoms with Gasteiger partial charge in [0.15, 0.2) is 17.3 Å². The predicted octanol–water partition coefficient (Wildman–Crippen LogP) is 5.58. The summed E-state index contributed by atoms with van der Waals surface area (Å²) in [5.41, 5.74) is 3.73. The molecule has 0 bridgehead atoms. The largest absolute Gasteiger partial charge is 0.496 e. The highest BCUT2D eigenvalue weighted by Gasteiger charge is 2.45. The molecule has 2 aromatic rings. The van der Waals surface area contributed by atoms with Crippen LogP contribution in [-0.4, -0.2) is 56.9 Å². The second kappa shape index (κ2) is 12.5. The number of Topliss-reactive ketones (excluding diaryl/α,β-unsaturated/α-hetero) is 1. The molecule has 0 N–H and O–H groups in total. The summed E-state index contributed by atoms with van der Waals surface area (Å²) in [6, 6.07) is 13.3. The van der Waals surface area contributed by atoms with E-state index in [9.17, 15) is 9.59 Å². The highest BCUT2D eigenvalue weighted by molar-refractivity contribution is 7.99. The van der Waals surface area contributed by atoms with E-state index in [1.54, 1.807) is 33.1 Å². The van der Waals surface area contributed by atoms with Crippen LogP contribution >= 0.6 is 11.8 Å². The summed E-state index contributed by atoms with van der Waals surface area (Å²) >= 11 is 1.71. The first-order valence-corrected chi connectivity index (χ1v) is 14.0. The Morgan fingerprint density at radius 3 is 2.45 bits per heavy atom. The van der Waals surface area contributed by atoms with Gasteiger partial charge in [0.2, 0.25) is 0 Å². The highest BCUT2D eigenvalue weighted by Crippen LogP contribution is 2.49. The second-order valence-electron chi connectivity index (χ2n) is 9.32. The number of allylic oxidation sites excluding steroid dienone is 2. The molecule has 0 radical (unpaired) electrons. The van der Waals surface area contributed by atoms with Crippen molar-refractivity contribution in [3.63, 3.8) is 0 Å². The quantitative estimate of drug-likeness (QED) is 0.289. The standard InChI is InChI=1S/C30H35NO6S/c1-6-38-14-13-37-30(33)27-18(2)31-22-15-20(19-11-12-25(35-4)26(17-19)36-5)16-23(32)29(22)28(27)21-9-7-8-10-24(21)34-3/h7-12,17,20,27-28H,6,13-16H2,1-5H3/t20-,27?,28-/m0/s1. The molecule has 3 atom stereocenters. The van der Waals surface area contributed by atoms with Crippen LogP contribution in [-0.2, 0) is 14.3 Å². The van der Waals surface area contributed by atoms with E-state index in [4.69, 9.17) is 23.9 Å². The molecule has 4 rings (SSSR count). The minimum absolute atomic E-state index is 0.0162. The summed E-state index contributed by atoms with van der Waals surface area (Å²) in [5.74, 6) is 1.91. The van der Waals surface area contributed by atoms with Gasteiger partial charge in [-0.15, -0.1) is 0 Å². The first-order valence-electron chi connectivity index (χ1n) is 12.8. The molecule has 0 amide bonds. The number of thioether (sulfide) groups is 1. The Labute approximate surface area is 228 Å². The van der Waals surface area contributed by atoms with Gasteiger partial charge in [0.1, 0.15) is 18.3 Å². The lowest BCUT2D eigenvalue weighted by atomic mass is 9.69. The molecule has 0 aromatic heterocycles. The Hall–Kier alpha value is -3.26. The van der Waals surface area contributed by atoms with Crippen LogP contribution in [0.2, 0.25) is 0 Å². The molecule has 38 heavy (non-hydrogen) atoms. The third kappa shape index (κ3) is 5.60. The number of hydrogen-bond acceptors (Lipinski definition) is 8. The van der Waals surface area contributed by atoms with E-state index in [0.29, 0.717) is 48.0 Å². The van der Waals surface area contributed by atoms with Gasteiger partial charge in [-0.1, -0.05) is 31.2 Å². The van der Waals surface area contributed by atoms with Gasteiger partial charge >= 0.3 is 5.97 Å². The first kappa shape index (κ1) is 27.8. The van der Waals surface area contributed by atoms with Crippen LogP contribution in [0.25, 0.3) is 0 Å². The van der Waals surface area contributed by atoms with Gasteiger partial charge in [-0.05, 0) is 48.8 Å². The Morgan fingerprint density at radius 2 is 1.74 bits per heavy atom. The molecule has 7 nitrogen and oxygen atoms in total. The van der Waals surface area contributed by atoms with E-state index in [-0.39, 0.29) is 17.7 Å². The van der Waals surface area contributed by atoms with Crippen LogP contribution in [0.5, 0.6) is 17.2 Å². The third-order valence-corrected chi connectivity index (χ3v) is 8.04. The van der Waals surface area contributed by atoms with Crippen LogP contribution in [0, 0.1) is 5.92 Å². The van der Waals surface area contributed by atoms with Gasteiger partial charge < -0.3 is 18.9 Å². The van der Waals surface area contributed by atoms with E-state index in [0.717, 1.165) is 28.3 Å². The smallest absolute Gasteiger partial charge is 0.315 e. The van der Waals surface area contributed by atoms with Gasteiger partial charge in [-0.25, -0.2) is 0 Å². The first-order chi connectivity index (χ1) is 18.4. The molecule has 1 heterocycles. The van der Waals surface area contributed by atoms with Crippen molar-refractivity contribution in [3.05, 3.63) is 64.9 Å². The molecule has 1 aliphatic carbocycles. The topological polar surface area (TPSA) is 83.4 Å². The fourth-order valence-electron chi connectivity index (χ4n) is 5.40. The van der Waals surface area contributed by atoms with Crippen molar-refractivity contribution in [1.82, 2.24) is 0 Å². The van der Waals surface area contributed by atoms with E-state index >= 15 is 0 Å². The number of nitrogens with zero attached hydrogens (tertiary/aromatic N) is 1. The minimum atomic E-state index is -0.696. The number of carbonyl (C=O) groups is 2. The molecule has 2 aromatic carbocycles. The number of hydrogen-bond donors (Lipinski definition) is 0. The summed E-state index contributed by atoms with van der Waals surface area (Å²) in [4.78, 5) is 32.2. The SMILES string of the molecule is CCSCCOC(=O)C1C(C)=NC2=C(C(=O)C[C@@H](c3ccc(OC)c(OC)c3)C2)[C@H]1c1ccccc1OC. The third-order valence-electron chi connectivity index (χ3n) is 7.17.